The Labute approximate surface area is 173 Å². The lowest BCUT2D eigenvalue weighted by Crippen LogP contribution is -2.54. The number of aliphatic hydroxyl groups is 1. The van der Waals surface area contributed by atoms with Gasteiger partial charge in [0.1, 0.15) is 16.9 Å². The van der Waals surface area contributed by atoms with E-state index in [0.717, 1.165) is 4.90 Å². The summed E-state index contributed by atoms with van der Waals surface area (Å²) in [6.07, 6.45) is -3.32. The molecule has 0 bridgehead atoms. The Morgan fingerprint density at radius 1 is 1.48 bits per heavy atom. The Hall–Kier alpha value is -1.69. The molecule has 0 unspecified atom stereocenters. The van der Waals surface area contributed by atoms with Crippen LogP contribution in [0.2, 0.25) is 4.34 Å². The highest BCUT2D eigenvalue weighted by Gasteiger charge is 2.55. The SMILES string of the molecule is Cn1cc([C@@H]2C[C@]3(CCN2C(=O)C(F)(F)F)OC[C@@](C)(O)c2cc(Cl)sc23)nn1. The zero-order valence-corrected chi connectivity index (χ0v) is 17.1. The van der Waals surface area contributed by atoms with Crippen molar-refractivity contribution in [3.63, 3.8) is 0 Å². The molecule has 2 aliphatic heterocycles. The number of hydrogen-bond donors (Lipinski definition) is 1. The lowest BCUT2D eigenvalue weighted by atomic mass is 9.78. The molecule has 29 heavy (non-hydrogen) atoms. The van der Waals surface area contributed by atoms with Crippen molar-refractivity contribution in [3.8, 4) is 0 Å². The summed E-state index contributed by atoms with van der Waals surface area (Å²) in [7, 11) is 1.59. The Bertz CT molecular complexity index is 960. The lowest BCUT2D eigenvalue weighted by Gasteiger charge is -2.49. The normalized spacial score (nSPS) is 29.9. The van der Waals surface area contributed by atoms with Crippen LogP contribution in [0, 0.1) is 0 Å². The van der Waals surface area contributed by atoms with Crippen molar-refractivity contribution < 1.29 is 27.8 Å². The smallest absolute Gasteiger partial charge is 0.383 e. The Morgan fingerprint density at radius 3 is 2.83 bits per heavy atom. The predicted molar refractivity (Wildman–Crippen MR) is 97.3 cm³/mol. The number of alkyl halides is 3. The summed E-state index contributed by atoms with van der Waals surface area (Å²) < 4.78 is 47.5. The molecule has 2 aromatic rings. The van der Waals surface area contributed by atoms with Gasteiger partial charge >= 0.3 is 12.1 Å². The van der Waals surface area contributed by atoms with Crippen molar-refractivity contribution in [2.45, 2.75) is 43.2 Å². The molecule has 1 saturated heterocycles. The number of fused-ring (bicyclic) bond motifs is 2. The maximum absolute atomic E-state index is 13.2. The minimum atomic E-state index is -5.00. The molecule has 3 atom stereocenters. The van der Waals surface area contributed by atoms with Crippen molar-refractivity contribution in [1.82, 2.24) is 19.9 Å². The van der Waals surface area contributed by atoms with Gasteiger partial charge in [0.05, 0.1) is 23.2 Å². The second-order valence-electron chi connectivity index (χ2n) is 7.63. The number of nitrogens with zero attached hydrogens (tertiary/aromatic N) is 4. The van der Waals surface area contributed by atoms with Gasteiger partial charge in [-0.05, 0) is 19.4 Å². The van der Waals surface area contributed by atoms with Gasteiger partial charge in [-0.25, -0.2) is 0 Å². The van der Waals surface area contributed by atoms with Crippen LogP contribution in [0.3, 0.4) is 0 Å². The van der Waals surface area contributed by atoms with Gasteiger partial charge < -0.3 is 14.7 Å². The molecule has 158 valence electrons. The van der Waals surface area contributed by atoms with Crippen LogP contribution in [0.1, 0.15) is 41.9 Å². The van der Waals surface area contributed by atoms with E-state index in [2.05, 4.69) is 10.3 Å². The molecule has 4 rings (SSSR count). The Balaban J connectivity index is 1.77. The molecular formula is C17H18ClF3N4O3S. The van der Waals surface area contributed by atoms with Crippen LogP contribution in [0.5, 0.6) is 0 Å². The van der Waals surface area contributed by atoms with Crippen molar-refractivity contribution in [2.24, 2.45) is 7.05 Å². The molecule has 0 saturated carbocycles. The molecule has 0 radical (unpaired) electrons. The maximum atomic E-state index is 13.2. The number of carbonyl (C=O) groups is 1. The summed E-state index contributed by atoms with van der Waals surface area (Å²) in [4.78, 5) is 13.5. The minimum absolute atomic E-state index is 0.0343. The highest BCUT2D eigenvalue weighted by molar-refractivity contribution is 7.16. The molecule has 12 heteroatoms. The highest BCUT2D eigenvalue weighted by Crippen LogP contribution is 2.54. The summed E-state index contributed by atoms with van der Waals surface area (Å²) >= 11 is 7.42. The monoisotopic (exact) mass is 450 g/mol. The van der Waals surface area contributed by atoms with E-state index in [1.807, 2.05) is 0 Å². The summed E-state index contributed by atoms with van der Waals surface area (Å²) in [6.45, 7) is 1.38. The topological polar surface area (TPSA) is 80.5 Å². The van der Waals surface area contributed by atoms with Crippen LogP contribution >= 0.6 is 22.9 Å². The van der Waals surface area contributed by atoms with Crippen molar-refractivity contribution in [3.05, 3.63) is 32.7 Å². The molecule has 2 aromatic heterocycles. The van der Waals surface area contributed by atoms with Crippen LogP contribution < -0.4 is 0 Å². The van der Waals surface area contributed by atoms with Gasteiger partial charge in [0.25, 0.3) is 0 Å². The summed E-state index contributed by atoms with van der Waals surface area (Å²) in [5, 5.41) is 18.4. The first-order chi connectivity index (χ1) is 13.4. The number of ether oxygens (including phenoxy) is 1. The number of piperidine rings is 1. The fraction of sp³-hybridized carbons (Fsp3) is 0.588. The number of likely N-dealkylation sites (tertiary alicyclic amines) is 1. The molecule has 0 aromatic carbocycles. The number of rotatable bonds is 1. The third-order valence-electron chi connectivity index (χ3n) is 5.45. The molecule has 2 aliphatic rings. The minimum Gasteiger partial charge on any atom is -0.383 e. The van der Waals surface area contributed by atoms with Gasteiger partial charge in [-0.2, -0.15) is 13.2 Å². The molecule has 1 spiro atoms. The number of carbonyl (C=O) groups excluding carboxylic acids is 1. The molecule has 0 aliphatic carbocycles. The first kappa shape index (κ1) is 20.6. The van der Waals surface area contributed by atoms with Gasteiger partial charge in [-0.3, -0.25) is 9.48 Å². The summed E-state index contributed by atoms with van der Waals surface area (Å²) in [5.41, 5.74) is -1.38. The second kappa shape index (κ2) is 6.66. The van der Waals surface area contributed by atoms with E-state index in [-0.39, 0.29) is 31.7 Å². The number of thiophene rings is 1. The number of hydrogen-bond acceptors (Lipinski definition) is 6. The zero-order valence-electron chi connectivity index (χ0n) is 15.5. The van der Waals surface area contributed by atoms with Crippen molar-refractivity contribution in [1.29, 1.82) is 0 Å². The van der Waals surface area contributed by atoms with Crippen LogP contribution in [-0.2, 0) is 27.8 Å². The number of aromatic nitrogens is 3. The first-order valence-electron chi connectivity index (χ1n) is 8.84. The molecule has 1 fully saturated rings. The van der Waals surface area contributed by atoms with Crippen molar-refractivity contribution >= 4 is 28.8 Å². The summed E-state index contributed by atoms with van der Waals surface area (Å²) in [5.74, 6) is -1.92. The molecular weight excluding hydrogens is 433 g/mol. The van der Waals surface area contributed by atoms with Crippen LogP contribution in [0.15, 0.2) is 12.3 Å². The Morgan fingerprint density at radius 2 is 2.21 bits per heavy atom. The molecule has 7 nitrogen and oxygen atoms in total. The fourth-order valence-electron chi connectivity index (χ4n) is 4.03. The molecule has 1 N–H and O–H groups in total. The average Bonchev–Trinajstić information content (AvgIpc) is 3.24. The summed E-state index contributed by atoms with van der Waals surface area (Å²) in [6, 6.07) is 0.680. The van der Waals surface area contributed by atoms with Crippen LogP contribution in [-0.4, -0.2) is 50.2 Å². The second-order valence-corrected chi connectivity index (χ2v) is 9.32. The van der Waals surface area contributed by atoms with E-state index in [1.54, 1.807) is 20.0 Å². The van der Waals surface area contributed by atoms with Gasteiger partial charge in [0.15, 0.2) is 0 Å². The van der Waals surface area contributed by atoms with Gasteiger partial charge in [0.2, 0.25) is 0 Å². The van der Waals surface area contributed by atoms with E-state index in [0.29, 0.717) is 14.8 Å². The lowest BCUT2D eigenvalue weighted by molar-refractivity contribution is -0.201. The number of aryl methyl sites for hydroxylation is 1. The molecule has 1 amide bonds. The predicted octanol–water partition coefficient (Wildman–Crippen LogP) is 2.89. The highest BCUT2D eigenvalue weighted by atomic mass is 35.5. The van der Waals surface area contributed by atoms with E-state index in [4.69, 9.17) is 16.3 Å². The third kappa shape index (κ3) is 3.43. The van der Waals surface area contributed by atoms with Gasteiger partial charge in [-0.15, -0.1) is 16.4 Å². The standard InChI is InChI=1S/C17H18ClF3N4O3S/c1-15(27)8-28-16(13-9(15)5-12(18)29-13)3-4-25(14(26)17(19,20)21)11(6-16)10-7-24(2)23-22-10/h5,7,11,27H,3-4,6,8H2,1-2H3/t11-,15+,16-/m0/s1. The number of amides is 1. The number of halogens is 4. The zero-order chi connectivity index (χ0) is 21.2. The third-order valence-corrected chi connectivity index (χ3v) is 6.90. The largest absolute Gasteiger partial charge is 0.471 e. The van der Waals surface area contributed by atoms with Gasteiger partial charge in [-0.1, -0.05) is 16.8 Å². The van der Waals surface area contributed by atoms with Crippen LogP contribution in [0.25, 0.3) is 0 Å². The van der Waals surface area contributed by atoms with E-state index in [9.17, 15) is 23.1 Å². The van der Waals surface area contributed by atoms with E-state index < -0.39 is 29.3 Å². The Kier molecular flexibility index (Phi) is 4.72. The maximum Gasteiger partial charge on any atom is 0.471 e. The quantitative estimate of drug-likeness (QED) is 0.722. The van der Waals surface area contributed by atoms with Crippen molar-refractivity contribution in [2.75, 3.05) is 13.2 Å². The van der Waals surface area contributed by atoms with E-state index >= 15 is 0 Å². The van der Waals surface area contributed by atoms with Gasteiger partial charge in [0, 0.05) is 30.5 Å². The average molecular weight is 451 g/mol. The van der Waals surface area contributed by atoms with Crippen LogP contribution in [0.4, 0.5) is 13.2 Å². The van der Waals surface area contributed by atoms with E-state index in [1.165, 1.54) is 22.2 Å². The molecule has 4 heterocycles. The fourth-order valence-corrected chi connectivity index (χ4v) is 5.56. The first-order valence-corrected chi connectivity index (χ1v) is 10.0.